The summed E-state index contributed by atoms with van der Waals surface area (Å²) in [5, 5.41) is 14.0. The van der Waals surface area contributed by atoms with E-state index < -0.39 is 5.97 Å². The van der Waals surface area contributed by atoms with Gasteiger partial charge in [0.2, 0.25) is 0 Å². The second-order valence-electron chi connectivity index (χ2n) is 5.26. The fourth-order valence-corrected chi connectivity index (χ4v) is 1.79. The number of carboxylic acids is 1. The highest BCUT2D eigenvalue weighted by Crippen LogP contribution is 2.28. The van der Waals surface area contributed by atoms with Crippen LogP contribution in [-0.2, 0) is 9.53 Å². The van der Waals surface area contributed by atoms with E-state index in [0.29, 0.717) is 26.1 Å². The second-order valence-corrected chi connectivity index (χ2v) is 5.26. The maximum Gasteiger partial charge on any atom is 0.314 e. The van der Waals surface area contributed by atoms with E-state index in [9.17, 15) is 9.59 Å². The van der Waals surface area contributed by atoms with Crippen LogP contribution in [0, 0.1) is 5.92 Å². The Bertz CT molecular complexity index is 293. The molecular formula is C14H26N2O4. The van der Waals surface area contributed by atoms with E-state index in [0.717, 1.165) is 31.8 Å². The fraction of sp³-hybridized carbons (Fsp3) is 0.857. The molecule has 0 radical (unpaired) electrons. The molecule has 6 heteroatoms. The first-order chi connectivity index (χ1) is 9.68. The molecule has 0 aromatic heterocycles. The standard InChI is InChI=1S/C14H26N2O4/c17-13(18)5-3-1-2-4-8-15-14(19)16-9-10-20-11-12-6-7-12/h12H,1-11H2,(H,17,18)(H2,15,16,19). The van der Waals surface area contributed by atoms with Gasteiger partial charge in [0.05, 0.1) is 6.61 Å². The van der Waals surface area contributed by atoms with Crippen molar-refractivity contribution in [1.82, 2.24) is 10.6 Å². The summed E-state index contributed by atoms with van der Waals surface area (Å²) in [6, 6.07) is -0.162. The third-order valence-electron chi connectivity index (χ3n) is 3.19. The minimum absolute atomic E-state index is 0.162. The van der Waals surface area contributed by atoms with Gasteiger partial charge >= 0.3 is 12.0 Å². The van der Waals surface area contributed by atoms with E-state index in [2.05, 4.69) is 10.6 Å². The summed E-state index contributed by atoms with van der Waals surface area (Å²) >= 11 is 0. The summed E-state index contributed by atoms with van der Waals surface area (Å²) in [7, 11) is 0. The summed E-state index contributed by atoms with van der Waals surface area (Å²) in [5.74, 6) is 0.0105. The van der Waals surface area contributed by atoms with E-state index in [1.54, 1.807) is 0 Å². The lowest BCUT2D eigenvalue weighted by atomic mass is 10.1. The van der Waals surface area contributed by atoms with Gasteiger partial charge in [0.25, 0.3) is 0 Å². The molecule has 20 heavy (non-hydrogen) atoms. The van der Waals surface area contributed by atoms with Crippen LogP contribution in [0.2, 0.25) is 0 Å². The molecule has 0 aromatic carbocycles. The SMILES string of the molecule is O=C(O)CCCCCCNC(=O)NCCOCC1CC1. The third kappa shape index (κ3) is 10.6. The number of amides is 2. The molecule has 0 spiro atoms. The van der Waals surface area contributed by atoms with Crippen LogP contribution in [-0.4, -0.2) is 43.4 Å². The van der Waals surface area contributed by atoms with Crippen molar-refractivity contribution in [3.63, 3.8) is 0 Å². The van der Waals surface area contributed by atoms with E-state index in [1.165, 1.54) is 12.8 Å². The molecule has 1 rings (SSSR count). The molecule has 1 aliphatic rings. The fourth-order valence-electron chi connectivity index (χ4n) is 1.79. The molecule has 6 nitrogen and oxygen atoms in total. The molecule has 0 heterocycles. The zero-order valence-electron chi connectivity index (χ0n) is 12.0. The van der Waals surface area contributed by atoms with Gasteiger partial charge in [-0.2, -0.15) is 0 Å². The number of rotatable bonds is 12. The zero-order valence-corrected chi connectivity index (χ0v) is 12.0. The number of nitrogens with one attached hydrogen (secondary N) is 2. The monoisotopic (exact) mass is 286 g/mol. The lowest BCUT2D eigenvalue weighted by molar-refractivity contribution is -0.137. The van der Waals surface area contributed by atoms with Crippen LogP contribution in [0.5, 0.6) is 0 Å². The first-order valence-corrected chi connectivity index (χ1v) is 7.49. The van der Waals surface area contributed by atoms with Crippen LogP contribution >= 0.6 is 0 Å². The van der Waals surface area contributed by atoms with Crippen LogP contribution in [0.15, 0.2) is 0 Å². The number of hydrogen-bond donors (Lipinski definition) is 3. The van der Waals surface area contributed by atoms with Crippen molar-refractivity contribution in [2.24, 2.45) is 5.92 Å². The molecule has 1 fully saturated rings. The second kappa shape index (κ2) is 10.5. The summed E-state index contributed by atoms with van der Waals surface area (Å²) in [6.45, 7) is 2.55. The lowest BCUT2D eigenvalue weighted by Gasteiger charge is -2.08. The van der Waals surface area contributed by atoms with Crippen LogP contribution in [0.4, 0.5) is 4.79 Å². The maximum atomic E-state index is 11.4. The van der Waals surface area contributed by atoms with Crippen molar-refractivity contribution in [3.8, 4) is 0 Å². The van der Waals surface area contributed by atoms with Crippen LogP contribution < -0.4 is 10.6 Å². The van der Waals surface area contributed by atoms with Gasteiger partial charge in [0, 0.05) is 26.1 Å². The van der Waals surface area contributed by atoms with Gasteiger partial charge in [-0.05, 0) is 31.6 Å². The Morgan fingerprint density at radius 3 is 2.45 bits per heavy atom. The predicted molar refractivity (Wildman–Crippen MR) is 75.7 cm³/mol. The van der Waals surface area contributed by atoms with Gasteiger partial charge < -0.3 is 20.5 Å². The molecule has 3 N–H and O–H groups in total. The molecule has 0 aliphatic heterocycles. The molecule has 0 bridgehead atoms. The first-order valence-electron chi connectivity index (χ1n) is 7.49. The zero-order chi connectivity index (χ0) is 14.6. The van der Waals surface area contributed by atoms with Crippen molar-refractivity contribution in [3.05, 3.63) is 0 Å². The minimum atomic E-state index is -0.744. The van der Waals surface area contributed by atoms with Crippen LogP contribution in [0.25, 0.3) is 0 Å². The van der Waals surface area contributed by atoms with Crippen LogP contribution in [0.3, 0.4) is 0 Å². The lowest BCUT2D eigenvalue weighted by Crippen LogP contribution is -2.37. The Kier molecular flexibility index (Phi) is 8.78. The Morgan fingerprint density at radius 1 is 1.05 bits per heavy atom. The molecule has 0 atom stereocenters. The number of hydrogen-bond acceptors (Lipinski definition) is 3. The number of carbonyl (C=O) groups is 2. The summed E-state index contributed by atoms with van der Waals surface area (Å²) in [6.07, 6.45) is 6.21. The van der Waals surface area contributed by atoms with E-state index in [-0.39, 0.29) is 12.5 Å². The Hall–Kier alpha value is -1.30. The molecule has 0 saturated heterocycles. The van der Waals surface area contributed by atoms with E-state index >= 15 is 0 Å². The molecule has 1 aliphatic carbocycles. The Labute approximate surface area is 120 Å². The molecular weight excluding hydrogens is 260 g/mol. The Balaban J connectivity index is 1.76. The minimum Gasteiger partial charge on any atom is -0.481 e. The van der Waals surface area contributed by atoms with E-state index in [4.69, 9.17) is 9.84 Å². The quantitative estimate of drug-likeness (QED) is 0.477. The predicted octanol–water partition coefficient (Wildman–Crippen LogP) is 1.75. The summed E-state index contributed by atoms with van der Waals surface area (Å²) in [4.78, 5) is 21.7. The van der Waals surface area contributed by atoms with E-state index in [1.807, 2.05) is 0 Å². The van der Waals surface area contributed by atoms with Gasteiger partial charge in [-0.25, -0.2) is 4.79 Å². The largest absolute Gasteiger partial charge is 0.481 e. The molecule has 116 valence electrons. The van der Waals surface area contributed by atoms with Gasteiger partial charge in [-0.15, -0.1) is 0 Å². The highest BCUT2D eigenvalue weighted by atomic mass is 16.5. The molecule has 0 aromatic rings. The number of carboxylic acid groups (broad SMARTS) is 1. The first kappa shape index (κ1) is 16.8. The highest BCUT2D eigenvalue weighted by Gasteiger charge is 2.20. The van der Waals surface area contributed by atoms with Gasteiger partial charge in [-0.3, -0.25) is 4.79 Å². The number of unbranched alkanes of at least 4 members (excludes halogenated alkanes) is 3. The van der Waals surface area contributed by atoms with Crippen molar-refractivity contribution < 1.29 is 19.4 Å². The number of urea groups is 1. The average molecular weight is 286 g/mol. The maximum absolute atomic E-state index is 11.4. The number of ether oxygens (including phenoxy) is 1. The van der Waals surface area contributed by atoms with Gasteiger partial charge in [0.15, 0.2) is 0 Å². The van der Waals surface area contributed by atoms with Gasteiger partial charge in [0.1, 0.15) is 0 Å². The molecule has 0 unspecified atom stereocenters. The smallest absolute Gasteiger partial charge is 0.314 e. The third-order valence-corrected chi connectivity index (χ3v) is 3.19. The molecule has 1 saturated carbocycles. The summed E-state index contributed by atoms with van der Waals surface area (Å²) in [5.41, 5.74) is 0. The topological polar surface area (TPSA) is 87.7 Å². The summed E-state index contributed by atoms with van der Waals surface area (Å²) < 4.78 is 5.41. The van der Waals surface area contributed by atoms with Crippen molar-refractivity contribution >= 4 is 12.0 Å². The highest BCUT2D eigenvalue weighted by molar-refractivity contribution is 5.73. The van der Waals surface area contributed by atoms with Crippen molar-refractivity contribution in [1.29, 1.82) is 0 Å². The van der Waals surface area contributed by atoms with Crippen LogP contribution in [0.1, 0.15) is 44.9 Å². The van der Waals surface area contributed by atoms with Crippen molar-refractivity contribution in [2.45, 2.75) is 44.9 Å². The number of carbonyl (C=O) groups excluding carboxylic acids is 1. The number of aliphatic carboxylic acids is 1. The van der Waals surface area contributed by atoms with Gasteiger partial charge in [-0.1, -0.05) is 12.8 Å². The van der Waals surface area contributed by atoms with Crippen molar-refractivity contribution in [2.75, 3.05) is 26.3 Å². The normalized spacial score (nSPS) is 14.0. The average Bonchev–Trinajstić information content (AvgIpc) is 3.21. The molecule has 2 amide bonds. The Morgan fingerprint density at radius 2 is 1.75 bits per heavy atom.